The minimum absolute atomic E-state index is 0.0190. The molecule has 0 radical (unpaired) electrons. The molecule has 1 fully saturated rings. The molecule has 1 aliphatic heterocycles. The van der Waals surface area contributed by atoms with Crippen LogP contribution in [0.2, 0.25) is 0 Å². The van der Waals surface area contributed by atoms with Gasteiger partial charge >= 0.3 is 0 Å². The van der Waals surface area contributed by atoms with Crippen LogP contribution in [0.1, 0.15) is 13.3 Å². The summed E-state index contributed by atoms with van der Waals surface area (Å²) in [5.41, 5.74) is 3.78. The maximum absolute atomic E-state index is 14.5. The van der Waals surface area contributed by atoms with Gasteiger partial charge in [0, 0.05) is 18.2 Å². The minimum atomic E-state index is -1.37. The summed E-state index contributed by atoms with van der Waals surface area (Å²) in [7, 11) is 1.48. The predicted octanol–water partition coefficient (Wildman–Crippen LogP) is 2.78. The summed E-state index contributed by atoms with van der Waals surface area (Å²) in [6.45, 7) is 1.39. The van der Waals surface area contributed by atoms with Gasteiger partial charge in [0.25, 0.3) is 5.95 Å². The summed E-state index contributed by atoms with van der Waals surface area (Å²) in [5.74, 6) is 0.173. The van der Waals surface area contributed by atoms with Gasteiger partial charge in [-0.15, -0.1) is 10.2 Å². The Balaban J connectivity index is 1.54. The monoisotopic (exact) mass is 468 g/mol. The van der Waals surface area contributed by atoms with Gasteiger partial charge in [-0.1, -0.05) is 18.2 Å². The number of fused-ring (bicyclic) bond motifs is 2. The number of halogens is 2. The molecule has 34 heavy (non-hydrogen) atoms. The molecule has 0 aliphatic carbocycles. The Kier molecular flexibility index (Phi) is 5.64. The fraction of sp³-hybridized carbons (Fsp3) is 0.364. The normalized spacial score (nSPS) is 17.4. The molecule has 176 valence electrons. The summed E-state index contributed by atoms with van der Waals surface area (Å²) in [6, 6.07) is 7.42. The van der Waals surface area contributed by atoms with Crippen molar-refractivity contribution in [3.63, 3.8) is 0 Å². The Morgan fingerprint density at radius 1 is 1.32 bits per heavy atom. The van der Waals surface area contributed by atoms with Gasteiger partial charge in [-0.25, -0.2) is 23.0 Å². The van der Waals surface area contributed by atoms with Gasteiger partial charge in [-0.3, -0.25) is 4.79 Å². The summed E-state index contributed by atoms with van der Waals surface area (Å²) in [4.78, 5) is 22.0. The lowest BCUT2D eigenvalue weighted by molar-refractivity contribution is -0.129. The molecule has 12 heteroatoms. The Morgan fingerprint density at radius 3 is 2.94 bits per heavy atom. The smallest absolute Gasteiger partial charge is 0.270 e. The van der Waals surface area contributed by atoms with Gasteiger partial charge < -0.3 is 9.64 Å². The van der Waals surface area contributed by atoms with Crippen molar-refractivity contribution < 1.29 is 18.3 Å². The van der Waals surface area contributed by atoms with E-state index in [1.165, 1.54) is 16.7 Å². The van der Waals surface area contributed by atoms with E-state index in [1.807, 2.05) is 24.3 Å². The lowest BCUT2D eigenvalue weighted by atomic mass is 10.1. The van der Waals surface area contributed by atoms with E-state index in [1.54, 1.807) is 17.6 Å². The van der Waals surface area contributed by atoms with E-state index in [9.17, 15) is 13.6 Å². The van der Waals surface area contributed by atoms with Crippen molar-refractivity contribution in [3.8, 4) is 17.0 Å². The van der Waals surface area contributed by atoms with Gasteiger partial charge in [-0.2, -0.15) is 4.98 Å². The minimum Gasteiger partial charge on any atom is -0.479 e. The molecule has 1 aliphatic rings. The van der Waals surface area contributed by atoms with E-state index < -0.39 is 12.8 Å². The Morgan fingerprint density at radius 2 is 2.18 bits per heavy atom. The van der Waals surface area contributed by atoms with Crippen LogP contribution in [0.15, 0.2) is 35.5 Å². The highest BCUT2D eigenvalue weighted by Crippen LogP contribution is 2.33. The third-order valence-corrected chi connectivity index (χ3v) is 5.78. The van der Waals surface area contributed by atoms with Crippen molar-refractivity contribution in [3.05, 3.63) is 30.5 Å². The third-order valence-electron chi connectivity index (χ3n) is 5.78. The van der Waals surface area contributed by atoms with Crippen LogP contribution >= 0.6 is 0 Å². The van der Waals surface area contributed by atoms with Crippen LogP contribution in [0.5, 0.6) is 5.88 Å². The molecule has 1 aromatic carbocycles. The zero-order chi connectivity index (χ0) is 23.8. The Hall–Kier alpha value is -3.96. The summed E-state index contributed by atoms with van der Waals surface area (Å²) in [5, 5.41) is 12.5. The highest BCUT2D eigenvalue weighted by Gasteiger charge is 2.31. The van der Waals surface area contributed by atoms with Crippen LogP contribution in [0.25, 0.3) is 27.7 Å². The molecule has 1 amide bonds. The number of carbonyl (C=O) groups is 1. The summed E-state index contributed by atoms with van der Waals surface area (Å²) in [6.07, 6.45) is 0.670. The predicted molar refractivity (Wildman–Crippen MR) is 121 cm³/mol. The highest BCUT2D eigenvalue weighted by atomic mass is 19.1. The third kappa shape index (κ3) is 3.74. The van der Waals surface area contributed by atoms with Gasteiger partial charge in [0.2, 0.25) is 11.8 Å². The molecule has 4 aromatic rings. The average Bonchev–Trinajstić information content (AvgIpc) is 3.55. The van der Waals surface area contributed by atoms with E-state index in [4.69, 9.17) is 4.74 Å². The van der Waals surface area contributed by atoms with Gasteiger partial charge in [0.15, 0.2) is 6.17 Å². The van der Waals surface area contributed by atoms with E-state index in [0.717, 1.165) is 11.1 Å². The molecule has 0 N–H and O–H groups in total. The van der Waals surface area contributed by atoms with Crippen LogP contribution in [0, 0.1) is 0 Å². The van der Waals surface area contributed by atoms with E-state index in [0.29, 0.717) is 23.0 Å². The fourth-order valence-corrected chi connectivity index (χ4v) is 4.09. The van der Waals surface area contributed by atoms with E-state index >= 15 is 0 Å². The van der Waals surface area contributed by atoms with E-state index in [-0.39, 0.29) is 43.1 Å². The largest absolute Gasteiger partial charge is 0.479 e. The number of benzene rings is 1. The zero-order valence-corrected chi connectivity index (χ0v) is 18.6. The quantitative estimate of drug-likeness (QED) is 0.431. The molecular formula is C22H22F2N8O2. The van der Waals surface area contributed by atoms with Crippen LogP contribution < -0.4 is 4.74 Å². The van der Waals surface area contributed by atoms with Crippen molar-refractivity contribution in [2.75, 3.05) is 26.9 Å². The molecule has 10 nitrogen and oxygen atoms in total. The average molecular weight is 468 g/mol. The molecule has 4 heterocycles. The first-order valence-electron chi connectivity index (χ1n) is 10.8. The first-order chi connectivity index (χ1) is 16.5. The molecule has 1 saturated heterocycles. The lowest BCUT2D eigenvalue weighted by Gasteiger charge is -2.12. The molecule has 0 spiro atoms. The number of hydrogen-bond acceptors (Lipinski definition) is 7. The summed E-state index contributed by atoms with van der Waals surface area (Å²) >= 11 is 0. The number of carbonyl (C=O) groups excluding carboxylic acids is 1. The molecule has 3 aromatic heterocycles. The van der Waals surface area contributed by atoms with Crippen molar-refractivity contribution in [1.29, 1.82) is 0 Å². The maximum atomic E-state index is 14.5. The number of hydrogen-bond donors (Lipinski definition) is 0. The number of aliphatic imine (C=N–C) groups is 1. The fourth-order valence-electron chi connectivity index (χ4n) is 4.09. The lowest BCUT2D eigenvalue weighted by Crippen LogP contribution is -2.28. The zero-order valence-electron chi connectivity index (χ0n) is 18.6. The number of methoxy groups -OCH3 is 1. The Bertz CT molecular complexity index is 1410. The number of ether oxygens (including phenoxy) is 1. The highest BCUT2D eigenvalue weighted by molar-refractivity contribution is 5.97. The van der Waals surface area contributed by atoms with Crippen molar-refractivity contribution in [1.82, 2.24) is 34.5 Å². The van der Waals surface area contributed by atoms with Crippen molar-refractivity contribution in [2.24, 2.45) is 4.99 Å². The number of aryl methyl sites for hydroxylation is 1. The molecular weight excluding hydrogens is 446 g/mol. The SMILES string of the molecule is CCC(=O)N1C/C(=N\c2nc(OC)c3c(-c4ccc5nnn(CCF)c5c4)ccn3n2)[C@@H](F)C1. The molecule has 0 unspecified atom stereocenters. The molecule has 5 rings (SSSR count). The second kappa shape index (κ2) is 8.76. The number of alkyl halides is 2. The molecule has 0 bridgehead atoms. The standard InChI is InChI=1S/C22H22F2N8O2/c1-3-19(33)30-11-15(24)17(12-30)25-22-26-21(34-2)20-14(6-8-32(20)28-22)13-4-5-16-18(10-13)31(9-7-23)29-27-16/h4-6,8,10,15H,3,7,9,11-12H2,1-2H3/b25-17+/t15-/m0/s1. The molecule has 0 saturated carbocycles. The van der Waals surface area contributed by atoms with E-state index in [2.05, 4.69) is 25.4 Å². The van der Waals surface area contributed by atoms with Gasteiger partial charge in [-0.05, 0) is 23.8 Å². The van der Waals surface area contributed by atoms with Crippen molar-refractivity contribution >= 4 is 34.1 Å². The first-order valence-corrected chi connectivity index (χ1v) is 10.8. The van der Waals surface area contributed by atoms with Crippen LogP contribution in [0.4, 0.5) is 14.7 Å². The topological polar surface area (TPSA) is 103 Å². The Labute approximate surface area is 192 Å². The van der Waals surface area contributed by atoms with Gasteiger partial charge in [0.05, 0.1) is 38.0 Å². The van der Waals surface area contributed by atoms with Crippen molar-refractivity contribution in [2.45, 2.75) is 26.1 Å². The second-order valence-electron chi connectivity index (χ2n) is 7.85. The number of amides is 1. The number of nitrogens with zero attached hydrogens (tertiary/aromatic N) is 8. The number of rotatable bonds is 6. The van der Waals surface area contributed by atoms with Crippen LogP contribution in [0.3, 0.4) is 0 Å². The summed E-state index contributed by atoms with van der Waals surface area (Å²) < 4.78 is 35.9. The van der Waals surface area contributed by atoms with Crippen LogP contribution in [-0.4, -0.2) is 79.2 Å². The number of likely N-dealkylation sites (tertiary alicyclic amines) is 1. The molecule has 1 atom stereocenters. The second-order valence-corrected chi connectivity index (χ2v) is 7.85. The number of aromatic nitrogens is 6. The first kappa shape index (κ1) is 21.9. The van der Waals surface area contributed by atoms with Gasteiger partial charge in [0.1, 0.15) is 17.7 Å². The van der Waals surface area contributed by atoms with Crippen LogP contribution in [-0.2, 0) is 11.3 Å². The maximum Gasteiger partial charge on any atom is 0.270 e.